The minimum absolute atomic E-state index is 0.00771. The molecule has 0 radical (unpaired) electrons. The highest BCUT2D eigenvalue weighted by Crippen LogP contribution is 2.29. The zero-order chi connectivity index (χ0) is 29.4. The number of benzene rings is 3. The first-order valence-electron chi connectivity index (χ1n) is 13.9. The topological polar surface area (TPSA) is 103 Å². The highest BCUT2D eigenvalue weighted by molar-refractivity contribution is 5.99. The molecule has 0 spiro atoms. The number of rotatable bonds is 9. The first-order chi connectivity index (χ1) is 19.7. The number of amides is 3. The number of aliphatic hydroxyl groups excluding tert-OH is 1. The number of aliphatic hydroxyl groups is 1. The molecule has 0 aromatic heterocycles. The zero-order valence-electron chi connectivity index (χ0n) is 24.2. The monoisotopic (exact) mass is 560 g/mol. The van der Waals surface area contributed by atoms with Gasteiger partial charge in [0.1, 0.15) is 17.6 Å². The summed E-state index contributed by atoms with van der Waals surface area (Å²) in [6.07, 6.45) is -0.132. The second-order valence-corrected chi connectivity index (χ2v) is 10.7. The third kappa shape index (κ3) is 8.22. The van der Waals surface area contributed by atoms with Gasteiger partial charge in [0, 0.05) is 42.5 Å². The molecule has 3 atom stereocenters. The van der Waals surface area contributed by atoms with Crippen LogP contribution in [0.1, 0.15) is 25.0 Å². The van der Waals surface area contributed by atoms with Gasteiger partial charge in [0.25, 0.3) is 0 Å². The molecule has 3 amide bonds. The van der Waals surface area contributed by atoms with Crippen LogP contribution in [0.2, 0.25) is 0 Å². The molecule has 0 aliphatic carbocycles. The number of para-hydroxylation sites is 1. The Labute approximate surface area is 242 Å². The van der Waals surface area contributed by atoms with Gasteiger partial charge in [-0.3, -0.25) is 9.69 Å². The lowest BCUT2D eigenvalue weighted by atomic mass is 10.0. The summed E-state index contributed by atoms with van der Waals surface area (Å²) >= 11 is 0. The number of fused-ring (bicyclic) bond motifs is 1. The Balaban J connectivity index is 1.55. The van der Waals surface area contributed by atoms with Crippen molar-refractivity contribution < 1.29 is 24.2 Å². The normalized spacial score (nSPS) is 17.9. The minimum atomic E-state index is -0.381. The summed E-state index contributed by atoms with van der Waals surface area (Å²) in [5.41, 5.74) is 3.06. The summed E-state index contributed by atoms with van der Waals surface area (Å²) in [5.74, 6) is 1.32. The fourth-order valence-corrected chi connectivity index (χ4v) is 4.95. The van der Waals surface area contributed by atoms with Crippen molar-refractivity contribution in [3.63, 3.8) is 0 Å². The van der Waals surface area contributed by atoms with Gasteiger partial charge in [-0.1, -0.05) is 37.3 Å². The maximum Gasteiger partial charge on any atom is 0.323 e. The highest BCUT2D eigenvalue weighted by Gasteiger charge is 2.31. The maximum atomic E-state index is 13.5. The molecule has 3 N–H and O–H groups in total. The van der Waals surface area contributed by atoms with Gasteiger partial charge in [0.15, 0.2) is 0 Å². The number of ether oxygens (including phenoxy) is 2. The van der Waals surface area contributed by atoms with E-state index in [2.05, 4.69) is 22.5 Å². The number of nitrogens with one attached hydrogen (secondary N) is 2. The number of nitrogens with zero attached hydrogens (tertiary/aromatic N) is 2. The Morgan fingerprint density at radius 2 is 1.80 bits per heavy atom. The second-order valence-electron chi connectivity index (χ2n) is 10.7. The van der Waals surface area contributed by atoms with E-state index in [4.69, 9.17) is 9.47 Å². The molecule has 9 nitrogen and oxygen atoms in total. The Kier molecular flexibility index (Phi) is 10.2. The Morgan fingerprint density at radius 3 is 2.49 bits per heavy atom. The SMILES string of the molecule is COc1ccc(CN(C)C[C@@H]2Oc3ccc(NC(=O)Nc4ccccc4)cc3CC(=O)N([C@H](C)CO)C[C@H]2C)cc1. The van der Waals surface area contributed by atoms with Crippen molar-refractivity contribution in [2.75, 3.05) is 44.5 Å². The third-order valence-corrected chi connectivity index (χ3v) is 7.31. The zero-order valence-corrected chi connectivity index (χ0v) is 24.2. The van der Waals surface area contributed by atoms with Gasteiger partial charge >= 0.3 is 6.03 Å². The average Bonchev–Trinajstić information content (AvgIpc) is 3.01. The van der Waals surface area contributed by atoms with Gasteiger partial charge < -0.3 is 30.1 Å². The molecule has 4 rings (SSSR count). The summed E-state index contributed by atoms with van der Waals surface area (Å²) < 4.78 is 11.9. The lowest BCUT2D eigenvalue weighted by molar-refractivity contribution is -0.134. The lowest BCUT2D eigenvalue weighted by Gasteiger charge is -2.34. The van der Waals surface area contributed by atoms with Crippen LogP contribution in [-0.2, 0) is 17.8 Å². The van der Waals surface area contributed by atoms with Crippen LogP contribution in [0.4, 0.5) is 16.2 Å². The molecule has 218 valence electrons. The van der Waals surface area contributed by atoms with E-state index in [-0.39, 0.29) is 43.0 Å². The van der Waals surface area contributed by atoms with E-state index in [0.717, 1.165) is 17.9 Å². The predicted molar refractivity (Wildman–Crippen MR) is 160 cm³/mol. The molecule has 3 aromatic rings. The summed E-state index contributed by atoms with van der Waals surface area (Å²) in [5, 5.41) is 15.6. The van der Waals surface area contributed by atoms with E-state index in [1.165, 1.54) is 0 Å². The molecule has 0 bridgehead atoms. The lowest BCUT2D eigenvalue weighted by Crippen LogP contribution is -2.47. The molecule has 0 fully saturated rings. The van der Waals surface area contributed by atoms with E-state index in [9.17, 15) is 14.7 Å². The van der Waals surface area contributed by atoms with Gasteiger partial charge in [-0.25, -0.2) is 4.79 Å². The number of carbonyl (C=O) groups excluding carboxylic acids is 2. The van der Waals surface area contributed by atoms with Crippen LogP contribution >= 0.6 is 0 Å². The number of urea groups is 1. The van der Waals surface area contributed by atoms with Crippen molar-refractivity contribution in [2.45, 2.75) is 39.0 Å². The highest BCUT2D eigenvalue weighted by atomic mass is 16.5. The number of methoxy groups -OCH3 is 1. The number of likely N-dealkylation sites (N-methyl/N-ethyl adjacent to an activating group) is 1. The summed E-state index contributed by atoms with van der Waals surface area (Å²) in [7, 11) is 3.70. The largest absolute Gasteiger partial charge is 0.497 e. The minimum Gasteiger partial charge on any atom is -0.497 e. The number of anilines is 2. The van der Waals surface area contributed by atoms with Crippen LogP contribution in [0.25, 0.3) is 0 Å². The van der Waals surface area contributed by atoms with Crippen LogP contribution in [-0.4, -0.2) is 72.8 Å². The fourth-order valence-electron chi connectivity index (χ4n) is 4.95. The van der Waals surface area contributed by atoms with Gasteiger partial charge in [-0.05, 0) is 62.0 Å². The van der Waals surface area contributed by atoms with Crippen molar-refractivity contribution in [1.29, 1.82) is 0 Å². The van der Waals surface area contributed by atoms with E-state index < -0.39 is 0 Å². The molecule has 3 aromatic carbocycles. The number of hydrogen-bond donors (Lipinski definition) is 3. The molecule has 41 heavy (non-hydrogen) atoms. The smallest absolute Gasteiger partial charge is 0.323 e. The van der Waals surface area contributed by atoms with E-state index in [1.807, 2.05) is 62.5 Å². The molecule has 0 unspecified atom stereocenters. The van der Waals surface area contributed by atoms with Gasteiger partial charge in [-0.2, -0.15) is 0 Å². The van der Waals surface area contributed by atoms with Crippen molar-refractivity contribution >= 4 is 23.3 Å². The van der Waals surface area contributed by atoms with Crippen molar-refractivity contribution in [1.82, 2.24) is 9.80 Å². The third-order valence-electron chi connectivity index (χ3n) is 7.31. The Morgan fingerprint density at radius 1 is 1.10 bits per heavy atom. The van der Waals surface area contributed by atoms with Crippen LogP contribution in [0, 0.1) is 5.92 Å². The molecule has 9 heteroatoms. The fraction of sp³-hybridized carbons (Fsp3) is 0.375. The predicted octanol–water partition coefficient (Wildman–Crippen LogP) is 4.62. The Hall–Kier alpha value is -4.08. The van der Waals surface area contributed by atoms with Crippen LogP contribution < -0.4 is 20.1 Å². The first kappa shape index (κ1) is 29.9. The molecule has 0 saturated carbocycles. The van der Waals surface area contributed by atoms with E-state index >= 15 is 0 Å². The van der Waals surface area contributed by atoms with Crippen LogP contribution in [0.3, 0.4) is 0 Å². The number of carbonyl (C=O) groups is 2. The van der Waals surface area contributed by atoms with Crippen molar-refractivity contribution in [2.24, 2.45) is 5.92 Å². The molecular weight excluding hydrogens is 520 g/mol. The molecule has 1 aliphatic rings. The maximum absolute atomic E-state index is 13.5. The van der Waals surface area contributed by atoms with Crippen LogP contribution in [0.5, 0.6) is 11.5 Å². The quantitative estimate of drug-likeness (QED) is 0.353. The van der Waals surface area contributed by atoms with Crippen molar-refractivity contribution in [3.8, 4) is 11.5 Å². The standard InChI is InChI=1S/C32H40N4O5/c1-22-18-36(23(2)21-37)31(38)17-25-16-27(34-32(39)33-26-8-6-5-7-9-26)12-15-29(25)41-30(22)20-35(3)19-24-10-13-28(40-4)14-11-24/h5-16,22-23,30,37H,17-21H2,1-4H3,(H2,33,34,39)/t22-,23-,30+/m1/s1. The van der Waals surface area contributed by atoms with Crippen molar-refractivity contribution in [3.05, 3.63) is 83.9 Å². The molecular formula is C32H40N4O5. The van der Waals surface area contributed by atoms with Gasteiger partial charge in [-0.15, -0.1) is 0 Å². The molecule has 0 saturated heterocycles. The van der Waals surface area contributed by atoms with E-state index in [1.54, 1.807) is 36.3 Å². The summed E-state index contributed by atoms with van der Waals surface area (Å²) in [6.45, 7) is 5.60. The van der Waals surface area contributed by atoms with Gasteiger partial charge in [0.2, 0.25) is 5.91 Å². The molecule has 1 heterocycles. The average molecular weight is 561 g/mol. The first-order valence-corrected chi connectivity index (χ1v) is 13.9. The number of hydrogen-bond acceptors (Lipinski definition) is 6. The van der Waals surface area contributed by atoms with Crippen LogP contribution in [0.15, 0.2) is 72.8 Å². The summed E-state index contributed by atoms with van der Waals surface area (Å²) in [4.78, 5) is 30.0. The van der Waals surface area contributed by atoms with Gasteiger partial charge in [0.05, 0.1) is 26.2 Å². The van der Waals surface area contributed by atoms with E-state index in [0.29, 0.717) is 35.8 Å². The summed E-state index contributed by atoms with van der Waals surface area (Å²) in [6, 6.07) is 21.8. The molecule has 1 aliphatic heterocycles. The Bertz CT molecular complexity index is 1300. The second kappa shape index (κ2) is 14.0.